The Morgan fingerprint density at radius 3 is 2.59 bits per heavy atom. The first-order chi connectivity index (χ1) is 8.16. The largest absolute Gasteiger partial charge is 0.393 e. The summed E-state index contributed by atoms with van der Waals surface area (Å²) in [5.41, 5.74) is 0. The molecule has 0 aromatic carbocycles. The molecule has 1 saturated carbocycles. The van der Waals surface area contributed by atoms with Crippen molar-refractivity contribution < 1.29 is 9.90 Å². The van der Waals surface area contributed by atoms with Gasteiger partial charge in [0.1, 0.15) is 0 Å². The minimum atomic E-state index is -0.110. The Morgan fingerprint density at radius 1 is 1.29 bits per heavy atom. The summed E-state index contributed by atoms with van der Waals surface area (Å²) in [4.78, 5) is 12.0. The zero-order valence-electron chi connectivity index (χ0n) is 10.6. The molecule has 98 valence electrons. The molecule has 2 aliphatic rings. The standard InChI is InChI=1S/C13H24N2O2/c1-9-6-14-8-12(9)13(17)15-7-10-2-4-11(16)5-3-10/h9-12,14,16H,2-8H2,1H3,(H,15,17). The Morgan fingerprint density at radius 2 is 2.00 bits per heavy atom. The Bertz CT molecular complexity index is 262. The van der Waals surface area contributed by atoms with Gasteiger partial charge < -0.3 is 15.7 Å². The molecule has 0 aromatic heterocycles. The molecular weight excluding hydrogens is 216 g/mol. The SMILES string of the molecule is CC1CNCC1C(=O)NCC1CCC(O)CC1. The fraction of sp³-hybridized carbons (Fsp3) is 0.923. The summed E-state index contributed by atoms with van der Waals surface area (Å²) in [6.07, 6.45) is 3.75. The fourth-order valence-corrected chi connectivity index (χ4v) is 2.89. The minimum Gasteiger partial charge on any atom is -0.393 e. The lowest BCUT2D eigenvalue weighted by molar-refractivity contribution is -0.125. The zero-order valence-corrected chi connectivity index (χ0v) is 10.6. The lowest BCUT2D eigenvalue weighted by atomic mass is 9.87. The topological polar surface area (TPSA) is 61.4 Å². The molecule has 0 spiro atoms. The molecule has 3 N–H and O–H groups in total. The van der Waals surface area contributed by atoms with Crippen LogP contribution in [0.25, 0.3) is 0 Å². The van der Waals surface area contributed by atoms with Gasteiger partial charge in [-0.2, -0.15) is 0 Å². The molecule has 1 aliphatic heterocycles. The first-order valence-corrected chi connectivity index (χ1v) is 6.83. The number of aliphatic hydroxyl groups is 1. The maximum atomic E-state index is 12.0. The third-order valence-electron chi connectivity index (χ3n) is 4.24. The van der Waals surface area contributed by atoms with Gasteiger partial charge in [-0.1, -0.05) is 6.92 Å². The predicted octanol–water partition coefficient (Wildman–Crippen LogP) is 0.509. The molecule has 0 bridgehead atoms. The summed E-state index contributed by atoms with van der Waals surface area (Å²) >= 11 is 0. The van der Waals surface area contributed by atoms with Crippen LogP contribution in [0.15, 0.2) is 0 Å². The number of aliphatic hydroxyl groups excluding tert-OH is 1. The fourth-order valence-electron chi connectivity index (χ4n) is 2.89. The molecule has 2 fully saturated rings. The highest BCUT2D eigenvalue weighted by atomic mass is 16.3. The molecule has 2 unspecified atom stereocenters. The summed E-state index contributed by atoms with van der Waals surface area (Å²) in [6, 6.07) is 0. The van der Waals surface area contributed by atoms with Crippen LogP contribution in [0.4, 0.5) is 0 Å². The molecule has 1 heterocycles. The second-order valence-electron chi connectivity index (χ2n) is 5.66. The van der Waals surface area contributed by atoms with Crippen molar-refractivity contribution in [3.63, 3.8) is 0 Å². The van der Waals surface area contributed by atoms with Crippen molar-refractivity contribution >= 4 is 5.91 Å². The van der Waals surface area contributed by atoms with Crippen LogP contribution in [0.5, 0.6) is 0 Å². The molecule has 2 atom stereocenters. The number of rotatable bonds is 3. The van der Waals surface area contributed by atoms with Gasteiger partial charge in [0.05, 0.1) is 12.0 Å². The van der Waals surface area contributed by atoms with Crippen molar-refractivity contribution in [3.05, 3.63) is 0 Å². The highest BCUT2D eigenvalue weighted by molar-refractivity contribution is 5.79. The van der Waals surface area contributed by atoms with E-state index < -0.39 is 0 Å². The number of hydrogen-bond donors (Lipinski definition) is 3. The Labute approximate surface area is 103 Å². The van der Waals surface area contributed by atoms with Crippen LogP contribution in [-0.4, -0.2) is 36.8 Å². The van der Waals surface area contributed by atoms with Gasteiger partial charge in [-0.05, 0) is 44.1 Å². The van der Waals surface area contributed by atoms with Gasteiger partial charge in [-0.3, -0.25) is 4.79 Å². The van der Waals surface area contributed by atoms with Crippen molar-refractivity contribution in [1.29, 1.82) is 0 Å². The smallest absolute Gasteiger partial charge is 0.224 e. The van der Waals surface area contributed by atoms with Crippen LogP contribution in [-0.2, 0) is 4.79 Å². The van der Waals surface area contributed by atoms with Gasteiger partial charge in [0.25, 0.3) is 0 Å². The van der Waals surface area contributed by atoms with E-state index in [9.17, 15) is 9.90 Å². The average Bonchev–Trinajstić information content (AvgIpc) is 2.74. The molecular formula is C13H24N2O2. The van der Waals surface area contributed by atoms with Gasteiger partial charge in [-0.15, -0.1) is 0 Å². The monoisotopic (exact) mass is 240 g/mol. The summed E-state index contributed by atoms with van der Waals surface area (Å²) in [7, 11) is 0. The number of carbonyl (C=O) groups is 1. The van der Waals surface area contributed by atoms with Gasteiger partial charge >= 0.3 is 0 Å². The third-order valence-corrected chi connectivity index (χ3v) is 4.24. The molecule has 4 heteroatoms. The number of hydrogen-bond acceptors (Lipinski definition) is 3. The molecule has 0 radical (unpaired) electrons. The zero-order chi connectivity index (χ0) is 12.3. The number of amides is 1. The van der Waals surface area contributed by atoms with E-state index in [1.807, 2.05) is 0 Å². The van der Waals surface area contributed by atoms with Crippen LogP contribution in [0.3, 0.4) is 0 Å². The number of carbonyl (C=O) groups excluding carboxylic acids is 1. The first-order valence-electron chi connectivity index (χ1n) is 6.83. The maximum absolute atomic E-state index is 12.0. The highest BCUT2D eigenvalue weighted by Crippen LogP contribution is 2.23. The first kappa shape index (κ1) is 12.8. The molecule has 1 amide bonds. The van der Waals surface area contributed by atoms with E-state index in [1.54, 1.807) is 0 Å². The van der Waals surface area contributed by atoms with E-state index in [0.717, 1.165) is 45.3 Å². The van der Waals surface area contributed by atoms with Crippen LogP contribution in [0, 0.1) is 17.8 Å². The van der Waals surface area contributed by atoms with Crippen molar-refractivity contribution in [2.75, 3.05) is 19.6 Å². The molecule has 17 heavy (non-hydrogen) atoms. The normalized spacial score (nSPS) is 38.0. The van der Waals surface area contributed by atoms with Crippen LogP contribution >= 0.6 is 0 Å². The molecule has 0 aromatic rings. The van der Waals surface area contributed by atoms with E-state index in [4.69, 9.17) is 0 Å². The lowest BCUT2D eigenvalue weighted by Gasteiger charge is -2.26. The maximum Gasteiger partial charge on any atom is 0.224 e. The van der Waals surface area contributed by atoms with Gasteiger partial charge in [-0.25, -0.2) is 0 Å². The van der Waals surface area contributed by atoms with E-state index >= 15 is 0 Å². The summed E-state index contributed by atoms with van der Waals surface area (Å²) in [5, 5.41) is 15.7. The molecule has 2 rings (SSSR count). The van der Waals surface area contributed by atoms with Gasteiger partial charge in [0, 0.05) is 13.1 Å². The van der Waals surface area contributed by atoms with Crippen LogP contribution in [0.2, 0.25) is 0 Å². The van der Waals surface area contributed by atoms with E-state index in [2.05, 4.69) is 17.6 Å². The predicted molar refractivity (Wildman–Crippen MR) is 66.5 cm³/mol. The Kier molecular flexibility index (Phi) is 4.40. The highest BCUT2D eigenvalue weighted by Gasteiger charge is 2.30. The molecule has 1 aliphatic carbocycles. The van der Waals surface area contributed by atoms with E-state index in [1.165, 1.54) is 0 Å². The van der Waals surface area contributed by atoms with Crippen LogP contribution < -0.4 is 10.6 Å². The second kappa shape index (κ2) is 5.83. The third kappa shape index (κ3) is 3.42. The quantitative estimate of drug-likeness (QED) is 0.673. The minimum absolute atomic E-state index is 0.110. The van der Waals surface area contributed by atoms with E-state index in [0.29, 0.717) is 11.8 Å². The van der Waals surface area contributed by atoms with E-state index in [-0.39, 0.29) is 17.9 Å². The van der Waals surface area contributed by atoms with Crippen molar-refractivity contribution in [3.8, 4) is 0 Å². The van der Waals surface area contributed by atoms with Gasteiger partial charge in [0.2, 0.25) is 5.91 Å². The Balaban J connectivity index is 1.69. The molecule has 1 saturated heterocycles. The lowest BCUT2D eigenvalue weighted by Crippen LogP contribution is -2.38. The second-order valence-corrected chi connectivity index (χ2v) is 5.66. The average molecular weight is 240 g/mol. The Hall–Kier alpha value is -0.610. The van der Waals surface area contributed by atoms with Crippen molar-refractivity contribution in [2.24, 2.45) is 17.8 Å². The summed E-state index contributed by atoms with van der Waals surface area (Å²) in [5.74, 6) is 1.35. The van der Waals surface area contributed by atoms with Crippen LogP contribution in [0.1, 0.15) is 32.6 Å². The number of nitrogens with one attached hydrogen (secondary N) is 2. The van der Waals surface area contributed by atoms with Crippen molar-refractivity contribution in [2.45, 2.75) is 38.7 Å². The van der Waals surface area contributed by atoms with Crippen molar-refractivity contribution in [1.82, 2.24) is 10.6 Å². The molecule has 4 nitrogen and oxygen atoms in total. The summed E-state index contributed by atoms with van der Waals surface area (Å²) < 4.78 is 0. The summed E-state index contributed by atoms with van der Waals surface area (Å²) in [6.45, 7) is 4.68. The van der Waals surface area contributed by atoms with Gasteiger partial charge in [0.15, 0.2) is 0 Å².